The molecule has 0 aromatic heterocycles. The Morgan fingerprint density at radius 3 is 2.81 bits per heavy atom. The fourth-order valence-electron chi connectivity index (χ4n) is 2.13. The Kier molecular flexibility index (Phi) is 3.41. The molecular formula is C12H18FN3. The van der Waals surface area contributed by atoms with Crippen molar-refractivity contribution in [2.24, 2.45) is 5.73 Å². The number of anilines is 1. The first-order valence-electron chi connectivity index (χ1n) is 5.62. The third kappa shape index (κ3) is 2.18. The molecule has 4 heteroatoms. The topological polar surface area (TPSA) is 32.5 Å². The van der Waals surface area contributed by atoms with Gasteiger partial charge in [0.25, 0.3) is 0 Å². The summed E-state index contributed by atoms with van der Waals surface area (Å²) in [5.41, 5.74) is 6.40. The molecular weight excluding hydrogens is 205 g/mol. The molecule has 3 nitrogen and oxygen atoms in total. The second-order valence-electron chi connectivity index (χ2n) is 4.27. The number of para-hydroxylation sites is 1. The van der Waals surface area contributed by atoms with Gasteiger partial charge < -0.3 is 10.6 Å². The van der Waals surface area contributed by atoms with E-state index in [2.05, 4.69) is 16.8 Å². The molecule has 0 spiro atoms. The van der Waals surface area contributed by atoms with Crippen LogP contribution >= 0.6 is 0 Å². The number of hydrogen-bond donors (Lipinski definition) is 1. The van der Waals surface area contributed by atoms with E-state index in [1.807, 2.05) is 12.1 Å². The number of benzene rings is 1. The molecule has 88 valence electrons. The van der Waals surface area contributed by atoms with Crippen LogP contribution in [0.3, 0.4) is 0 Å². The fourth-order valence-corrected chi connectivity index (χ4v) is 2.13. The van der Waals surface area contributed by atoms with E-state index < -0.39 is 0 Å². The fraction of sp³-hybridized carbons (Fsp3) is 0.500. The summed E-state index contributed by atoms with van der Waals surface area (Å²) >= 11 is 0. The Bertz CT molecular complexity index is 356. The van der Waals surface area contributed by atoms with Crippen molar-refractivity contribution in [1.82, 2.24) is 4.90 Å². The molecule has 0 aliphatic carbocycles. The average molecular weight is 223 g/mol. The molecule has 2 rings (SSSR count). The highest BCUT2D eigenvalue weighted by molar-refractivity contribution is 5.48. The molecule has 1 fully saturated rings. The first-order chi connectivity index (χ1) is 7.72. The van der Waals surface area contributed by atoms with Gasteiger partial charge >= 0.3 is 0 Å². The van der Waals surface area contributed by atoms with Crippen LogP contribution in [0.2, 0.25) is 0 Å². The third-order valence-electron chi connectivity index (χ3n) is 3.24. The third-order valence-corrected chi connectivity index (χ3v) is 3.24. The van der Waals surface area contributed by atoms with Crippen LogP contribution in [-0.2, 0) is 0 Å². The SMILES string of the molecule is CN1CCN(c2ccccc2F)CC1CN. The monoisotopic (exact) mass is 223 g/mol. The second kappa shape index (κ2) is 4.80. The lowest BCUT2D eigenvalue weighted by molar-refractivity contribution is 0.223. The van der Waals surface area contributed by atoms with Crippen LogP contribution in [0, 0.1) is 5.82 Å². The number of piperazine rings is 1. The van der Waals surface area contributed by atoms with Crippen molar-refractivity contribution >= 4 is 5.69 Å². The number of rotatable bonds is 2. The molecule has 0 radical (unpaired) electrons. The minimum atomic E-state index is -0.150. The minimum Gasteiger partial charge on any atom is -0.366 e. The smallest absolute Gasteiger partial charge is 0.146 e. The summed E-state index contributed by atoms with van der Waals surface area (Å²) in [6, 6.07) is 7.23. The standard InChI is InChI=1S/C12H18FN3/c1-15-6-7-16(9-10(15)8-14)12-5-3-2-4-11(12)13/h2-5,10H,6-9,14H2,1H3. The van der Waals surface area contributed by atoms with Crippen LogP contribution in [0.25, 0.3) is 0 Å². The normalized spacial score (nSPS) is 22.4. The van der Waals surface area contributed by atoms with E-state index in [0.717, 1.165) is 19.6 Å². The van der Waals surface area contributed by atoms with E-state index in [0.29, 0.717) is 18.3 Å². The Balaban J connectivity index is 2.14. The Morgan fingerprint density at radius 2 is 2.12 bits per heavy atom. The molecule has 0 bridgehead atoms. The zero-order chi connectivity index (χ0) is 11.5. The van der Waals surface area contributed by atoms with E-state index in [1.165, 1.54) is 6.07 Å². The lowest BCUT2D eigenvalue weighted by Crippen LogP contribution is -2.54. The lowest BCUT2D eigenvalue weighted by atomic mass is 10.1. The Morgan fingerprint density at radius 1 is 1.38 bits per heavy atom. The highest BCUT2D eigenvalue weighted by Crippen LogP contribution is 2.21. The van der Waals surface area contributed by atoms with Gasteiger partial charge in [0.1, 0.15) is 5.82 Å². The first-order valence-corrected chi connectivity index (χ1v) is 5.62. The van der Waals surface area contributed by atoms with E-state index >= 15 is 0 Å². The van der Waals surface area contributed by atoms with E-state index in [-0.39, 0.29) is 5.82 Å². The van der Waals surface area contributed by atoms with Crippen LogP contribution in [0.5, 0.6) is 0 Å². The van der Waals surface area contributed by atoms with Gasteiger partial charge in [0.2, 0.25) is 0 Å². The molecule has 1 aliphatic rings. The largest absolute Gasteiger partial charge is 0.366 e. The van der Waals surface area contributed by atoms with E-state index in [4.69, 9.17) is 5.73 Å². The van der Waals surface area contributed by atoms with Crippen molar-refractivity contribution in [3.63, 3.8) is 0 Å². The molecule has 1 atom stereocenters. The quantitative estimate of drug-likeness (QED) is 0.808. The maximum atomic E-state index is 13.6. The zero-order valence-electron chi connectivity index (χ0n) is 9.56. The van der Waals surface area contributed by atoms with Crippen molar-refractivity contribution in [2.45, 2.75) is 6.04 Å². The van der Waals surface area contributed by atoms with Gasteiger partial charge in [-0.3, -0.25) is 4.90 Å². The summed E-state index contributed by atoms with van der Waals surface area (Å²) in [5, 5.41) is 0. The maximum absolute atomic E-state index is 13.6. The summed E-state index contributed by atoms with van der Waals surface area (Å²) in [6.45, 7) is 3.19. The molecule has 0 amide bonds. The molecule has 1 unspecified atom stereocenters. The van der Waals surface area contributed by atoms with Gasteiger partial charge in [-0.25, -0.2) is 4.39 Å². The molecule has 1 aromatic rings. The maximum Gasteiger partial charge on any atom is 0.146 e. The Labute approximate surface area is 95.6 Å². The molecule has 0 saturated carbocycles. The predicted molar refractivity (Wildman–Crippen MR) is 64.1 cm³/mol. The minimum absolute atomic E-state index is 0.150. The van der Waals surface area contributed by atoms with Crippen LogP contribution in [0.1, 0.15) is 0 Å². The van der Waals surface area contributed by atoms with Gasteiger partial charge in [0.05, 0.1) is 5.69 Å². The number of likely N-dealkylation sites (N-methyl/N-ethyl adjacent to an activating group) is 1. The van der Waals surface area contributed by atoms with Gasteiger partial charge in [-0.2, -0.15) is 0 Å². The molecule has 1 aliphatic heterocycles. The van der Waals surface area contributed by atoms with Crippen molar-refractivity contribution in [2.75, 3.05) is 38.1 Å². The Hall–Kier alpha value is -1.13. The van der Waals surface area contributed by atoms with Crippen LogP contribution in [0.4, 0.5) is 10.1 Å². The van der Waals surface area contributed by atoms with E-state index in [9.17, 15) is 4.39 Å². The zero-order valence-corrected chi connectivity index (χ0v) is 9.56. The van der Waals surface area contributed by atoms with Gasteiger partial charge in [-0.15, -0.1) is 0 Å². The lowest BCUT2D eigenvalue weighted by Gasteiger charge is -2.40. The number of nitrogens with two attached hydrogens (primary N) is 1. The van der Waals surface area contributed by atoms with Gasteiger partial charge in [0, 0.05) is 32.2 Å². The number of hydrogen-bond acceptors (Lipinski definition) is 3. The molecule has 1 aromatic carbocycles. The summed E-state index contributed by atoms with van der Waals surface area (Å²) in [4.78, 5) is 4.31. The van der Waals surface area contributed by atoms with Crippen molar-refractivity contribution in [3.05, 3.63) is 30.1 Å². The van der Waals surface area contributed by atoms with Gasteiger partial charge in [0.15, 0.2) is 0 Å². The van der Waals surface area contributed by atoms with Gasteiger partial charge in [-0.1, -0.05) is 12.1 Å². The van der Waals surface area contributed by atoms with Crippen molar-refractivity contribution in [3.8, 4) is 0 Å². The summed E-state index contributed by atoms with van der Waals surface area (Å²) in [5.74, 6) is -0.150. The van der Waals surface area contributed by atoms with Crippen LogP contribution in [0.15, 0.2) is 24.3 Å². The molecule has 1 heterocycles. The second-order valence-corrected chi connectivity index (χ2v) is 4.27. The molecule has 2 N–H and O–H groups in total. The average Bonchev–Trinajstić information content (AvgIpc) is 2.31. The van der Waals surface area contributed by atoms with E-state index in [1.54, 1.807) is 6.07 Å². The van der Waals surface area contributed by atoms with Crippen molar-refractivity contribution in [1.29, 1.82) is 0 Å². The van der Waals surface area contributed by atoms with Crippen LogP contribution in [-0.4, -0.2) is 44.2 Å². The number of halogens is 1. The first kappa shape index (κ1) is 11.4. The molecule has 16 heavy (non-hydrogen) atoms. The molecule has 1 saturated heterocycles. The van der Waals surface area contributed by atoms with Crippen molar-refractivity contribution < 1.29 is 4.39 Å². The summed E-state index contributed by atoms with van der Waals surface area (Å²) in [7, 11) is 2.07. The summed E-state index contributed by atoms with van der Waals surface area (Å²) in [6.07, 6.45) is 0. The highest BCUT2D eigenvalue weighted by Gasteiger charge is 2.24. The highest BCUT2D eigenvalue weighted by atomic mass is 19.1. The van der Waals surface area contributed by atoms with Crippen LogP contribution < -0.4 is 10.6 Å². The number of nitrogens with zero attached hydrogens (tertiary/aromatic N) is 2. The van der Waals surface area contributed by atoms with Gasteiger partial charge in [-0.05, 0) is 19.2 Å². The summed E-state index contributed by atoms with van der Waals surface area (Å²) < 4.78 is 13.6. The predicted octanol–water partition coefficient (Wildman–Crippen LogP) is 0.905.